The van der Waals surface area contributed by atoms with Crippen LogP contribution in [0.5, 0.6) is 0 Å². The fraction of sp³-hybridized carbons (Fsp3) is 0.100. The number of rotatable bonds is 6. The van der Waals surface area contributed by atoms with E-state index in [0.29, 0.717) is 17.7 Å². The number of benzene rings is 2. The molecule has 2 aromatic heterocycles. The fourth-order valence-corrected chi connectivity index (χ4v) is 3.03. The maximum atomic E-state index is 12.3. The molecule has 0 amide bonds. The zero-order valence-corrected chi connectivity index (χ0v) is 13.9. The lowest BCUT2D eigenvalue weighted by atomic mass is 10.1. The first-order valence-corrected chi connectivity index (χ1v) is 8.25. The summed E-state index contributed by atoms with van der Waals surface area (Å²) in [5.74, 6) is -0.0169. The van der Waals surface area contributed by atoms with Crippen molar-refractivity contribution >= 4 is 23.0 Å². The van der Waals surface area contributed by atoms with Crippen molar-refractivity contribution in [3.05, 3.63) is 83.8 Å². The lowest BCUT2D eigenvalue weighted by molar-refractivity contribution is 0.0966. The van der Waals surface area contributed by atoms with E-state index in [2.05, 4.69) is 10.3 Å². The number of nitrogens with zero attached hydrogens (tertiary/aromatic N) is 4. The first kappa shape index (κ1) is 16.0. The Morgan fingerprint density at radius 2 is 1.77 bits per heavy atom. The van der Waals surface area contributed by atoms with Gasteiger partial charge in [0.2, 0.25) is 0 Å². The molecule has 26 heavy (non-hydrogen) atoms. The molecule has 0 spiro atoms. The van der Waals surface area contributed by atoms with Crippen LogP contribution in [0.15, 0.2) is 67.0 Å². The second-order valence-electron chi connectivity index (χ2n) is 6.04. The van der Waals surface area contributed by atoms with Gasteiger partial charge in [0, 0.05) is 28.2 Å². The molecule has 6 nitrogen and oxygen atoms in total. The summed E-state index contributed by atoms with van der Waals surface area (Å²) in [5, 5.41) is 9.11. The van der Waals surface area contributed by atoms with Crippen molar-refractivity contribution in [2.45, 2.75) is 13.1 Å². The third kappa shape index (κ3) is 3.04. The summed E-state index contributed by atoms with van der Waals surface area (Å²) in [6, 6.07) is 16.8. The van der Waals surface area contributed by atoms with Gasteiger partial charge in [-0.1, -0.05) is 53.7 Å². The average molecular weight is 344 g/mol. The summed E-state index contributed by atoms with van der Waals surface area (Å²) in [7, 11) is 0. The van der Waals surface area contributed by atoms with Crippen molar-refractivity contribution in [1.82, 2.24) is 19.6 Å². The number of ketones is 1. The molecule has 2 heterocycles. The quantitative estimate of drug-likeness (QED) is 0.398. The van der Waals surface area contributed by atoms with Crippen LogP contribution in [0.4, 0.5) is 0 Å². The summed E-state index contributed by atoms with van der Waals surface area (Å²) in [6.45, 7) is 0.622. The molecule has 0 aliphatic carbocycles. The van der Waals surface area contributed by atoms with Gasteiger partial charge < -0.3 is 4.57 Å². The minimum absolute atomic E-state index is 0.0169. The van der Waals surface area contributed by atoms with E-state index in [4.69, 9.17) is 0 Å². The van der Waals surface area contributed by atoms with Gasteiger partial charge in [-0.25, -0.2) is 4.68 Å². The Bertz CT molecular complexity index is 1080. The summed E-state index contributed by atoms with van der Waals surface area (Å²) in [6.07, 6.45) is 4.43. The molecule has 0 radical (unpaired) electrons. The lowest BCUT2D eigenvalue weighted by Gasteiger charge is -2.02. The van der Waals surface area contributed by atoms with Crippen molar-refractivity contribution in [3.8, 4) is 0 Å². The largest absolute Gasteiger partial charge is 0.341 e. The van der Waals surface area contributed by atoms with Gasteiger partial charge in [0.25, 0.3) is 0 Å². The number of para-hydroxylation sites is 1. The van der Waals surface area contributed by atoms with Crippen LogP contribution in [-0.4, -0.2) is 31.6 Å². The Labute approximate surface area is 149 Å². The third-order valence-corrected chi connectivity index (χ3v) is 4.27. The monoisotopic (exact) mass is 344 g/mol. The summed E-state index contributed by atoms with van der Waals surface area (Å²) in [4.78, 5) is 23.5. The molecular weight excluding hydrogens is 328 g/mol. The first-order valence-electron chi connectivity index (χ1n) is 8.25. The zero-order chi connectivity index (χ0) is 17.9. The molecule has 0 bridgehead atoms. The van der Waals surface area contributed by atoms with Crippen molar-refractivity contribution < 1.29 is 9.59 Å². The van der Waals surface area contributed by atoms with Crippen molar-refractivity contribution in [3.63, 3.8) is 0 Å². The van der Waals surface area contributed by atoms with Crippen molar-refractivity contribution in [1.29, 1.82) is 0 Å². The summed E-state index contributed by atoms with van der Waals surface area (Å²) in [5.41, 5.74) is 2.98. The molecule has 0 saturated carbocycles. The smallest absolute Gasteiger partial charge is 0.184 e. The number of hydrogen-bond donors (Lipinski definition) is 0. The summed E-state index contributed by atoms with van der Waals surface area (Å²) >= 11 is 0. The van der Waals surface area contributed by atoms with Crippen LogP contribution in [0.1, 0.15) is 26.4 Å². The standard InChI is InChI=1S/C20H16N4O2/c25-14-16-10-23(19-9-5-4-8-18(16)19)11-17-12-24(22-21-17)13-20(26)15-6-2-1-3-7-15/h1-10,12,14H,11,13H2. The Morgan fingerprint density at radius 3 is 2.58 bits per heavy atom. The second kappa shape index (κ2) is 6.76. The molecule has 0 atom stereocenters. The number of aromatic nitrogens is 4. The number of aldehydes is 1. The number of carbonyl (C=O) groups excluding carboxylic acids is 2. The Hall–Kier alpha value is -3.54. The molecule has 6 heteroatoms. The molecule has 0 aliphatic rings. The average Bonchev–Trinajstić information content (AvgIpc) is 3.27. The van der Waals surface area contributed by atoms with Gasteiger partial charge >= 0.3 is 0 Å². The molecule has 0 N–H and O–H groups in total. The highest BCUT2D eigenvalue weighted by Crippen LogP contribution is 2.20. The predicted octanol–water partition coefficient (Wildman–Crippen LogP) is 2.98. The number of fused-ring (bicyclic) bond motifs is 1. The minimum Gasteiger partial charge on any atom is -0.341 e. The van der Waals surface area contributed by atoms with E-state index in [-0.39, 0.29) is 12.3 Å². The maximum Gasteiger partial charge on any atom is 0.184 e. The zero-order valence-electron chi connectivity index (χ0n) is 13.9. The molecule has 0 unspecified atom stereocenters. The van der Waals surface area contributed by atoms with Gasteiger partial charge in [-0.2, -0.15) is 0 Å². The van der Waals surface area contributed by atoms with Crippen LogP contribution in [0.25, 0.3) is 10.9 Å². The first-order chi connectivity index (χ1) is 12.7. The van der Waals surface area contributed by atoms with E-state index >= 15 is 0 Å². The van der Waals surface area contributed by atoms with Crippen LogP contribution >= 0.6 is 0 Å². The summed E-state index contributed by atoms with van der Waals surface area (Å²) < 4.78 is 3.50. The van der Waals surface area contributed by atoms with E-state index in [0.717, 1.165) is 22.9 Å². The van der Waals surface area contributed by atoms with E-state index in [1.807, 2.05) is 53.2 Å². The van der Waals surface area contributed by atoms with Gasteiger partial charge in [-0.15, -0.1) is 5.10 Å². The SMILES string of the molecule is O=Cc1cn(Cc2cn(CC(=O)c3ccccc3)nn2)c2ccccc12. The predicted molar refractivity (Wildman–Crippen MR) is 97.2 cm³/mol. The van der Waals surface area contributed by atoms with Gasteiger partial charge in [-0.3, -0.25) is 9.59 Å². The number of Topliss-reactive ketones (excluding diaryl/α,β-unsaturated/α-hetero) is 1. The van der Waals surface area contributed by atoms with E-state index in [1.165, 1.54) is 4.68 Å². The molecular formula is C20H16N4O2. The number of hydrogen-bond acceptors (Lipinski definition) is 4. The molecule has 128 valence electrons. The molecule has 2 aromatic carbocycles. The highest BCUT2D eigenvalue weighted by molar-refractivity contribution is 5.97. The van der Waals surface area contributed by atoms with Crippen molar-refractivity contribution in [2.75, 3.05) is 0 Å². The van der Waals surface area contributed by atoms with Gasteiger partial charge in [0.05, 0.1) is 12.7 Å². The molecule has 4 aromatic rings. The van der Waals surface area contributed by atoms with E-state index in [1.54, 1.807) is 18.3 Å². The number of carbonyl (C=O) groups is 2. The van der Waals surface area contributed by atoms with Crippen LogP contribution in [0, 0.1) is 0 Å². The van der Waals surface area contributed by atoms with Crippen LogP contribution in [-0.2, 0) is 13.1 Å². The topological polar surface area (TPSA) is 69.8 Å². The van der Waals surface area contributed by atoms with E-state index in [9.17, 15) is 9.59 Å². The van der Waals surface area contributed by atoms with Crippen LogP contribution < -0.4 is 0 Å². The van der Waals surface area contributed by atoms with Gasteiger partial charge in [-0.05, 0) is 6.07 Å². The highest BCUT2D eigenvalue weighted by Gasteiger charge is 2.11. The lowest BCUT2D eigenvalue weighted by Crippen LogP contribution is -2.10. The Kier molecular flexibility index (Phi) is 4.15. The van der Waals surface area contributed by atoms with Gasteiger partial charge in [0.15, 0.2) is 12.1 Å². The molecule has 0 saturated heterocycles. The fourth-order valence-electron chi connectivity index (χ4n) is 3.03. The highest BCUT2D eigenvalue weighted by atomic mass is 16.1. The third-order valence-electron chi connectivity index (χ3n) is 4.27. The van der Waals surface area contributed by atoms with Gasteiger partial charge in [0.1, 0.15) is 12.2 Å². The molecule has 4 rings (SSSR count). The van der Waals surface area contributed by atoms with E-state index < -0.39 is 0 Å². The normalized spacial score (nSPS) is 10.9. The van der Waals surface area contributed by atoms with Crippen LogP contribution in [0.3, 0.4) is 0 Å². The Morgan fingerprint density at radius 1 is 1.00 bits per heavy atom. The van der Waals surface area contributed by atoms with Crippen molar-refractivity contribution in [2.24, 2.45) is 0 Å². The minimum atomic E-state index is -0.0169. The van der Waals surface area contributed by atoms with Crippen LogP contribution in [0.2, 0.25) is 0 Å². The molecule has 0 fully saturated rings. The Balaban J connectivity index is 1.54. The maximum absolute atomic E-state index is 12.3. The second-order valence-corrected chi connectivity index (χ2v) is 6.04. The molecule has 0 aliphatic heterocycles.